The molecule has 11 atom stereocenters. The van der Waals surface area contributed by atoms with Gasteiger partial charge in [0, 0.05) is 18.3 Å². The summed E-state index contributed by atoms with van der Waals surface area (Å²) >= 11 is 0. The van der Waals surface area contributed by atoms with Gasteiger partial charge in [0.1, 0.15) is 6.10 Å². The van der Waals surface area contributed by atoms with Crippen LogP contribution in [0.4, 0.5) is 0 Å². The average Bonchev–Trinajstić information content (AvgIpc) is 3.06. The topological polar surface area (TPSA) is 145 Å². The minimum absolute atomic E-state index is 0.116. The van der Waals surface area contributed by atoms with E-state index in [9.17, 15) is 35.1 Å². The van der Waals surface area contributed by atoms with E-state index in [1.807, 2.05) is 20.8 Å². The number of carbonyl (C=O) groups excluding carboxylic acids is 2. The van der Waals surface area contributed by atoms with Crippen LogP contribution in [-0.2, 0) is 14.3 Å². The molecule has 4 rings (SSSR count). The van der Waals surface area contributed by atoms with E-state index in [-0.39, 0.29) is 30.5 Å². The van der Waals surface area contributed by atoms with Crippen LogP contribution in [0.25, 0.3) is 0 Å². The number of aliphatic hydroxyl groups is 5. The highest BCUT2D eigenvalue weighted by atomic mass is 16.6. The molecule has 3 unspecified atom stereocenters. The molecule has 0 spiro atoms. The van der Waals surface area contributed by atoms with Crippen molar-refractivity contribution in [3.63, 3.8) is 0 Å². The Balaban J connectivity index is 1.65. The zero-order chi connectivity index (χ0) is 28.6. The van der Waals surface area contributed by atoms with Gasteiger partial charge in [0.15, 0.2) is 5.78 Å². The standard InChI is InChI=1S/C30H48O8/c1-16(26(3,4)35)12-25(34)29(7,36)24-9-11-30(37)19-13-21(32)20-14-23(38-17(2)31)22(33)15-27(20,5)18(19)8-10-28(24,30)6/h13,16,18,20,22-25,33-37H,8-12,14-15H2,1-7H3/t16-,18?,20?,22+,23-,24?,25-,27-,28-,29-,30-/m1/s1. The highest BCUT2D eigenvalue weighted by molar-refractivity contribution is 5.95. The summed E-state index contributed by atoms with van der Waals surface area (Å²) in [6.07, 6.45) is 1.80. The summed E-state index contributed by atoms with van der Waals surface area (Å²) in [5, 5.41) is 56.5. The third-order valence-electron chi connectivity index (χ3n) is 11.6. The summed E-state index contributed by atoms with van der Waals surface area (Å²) in [5.74, 6) is -1.81. The van der Waals surface area contributed by atoms with Gasteiger partial charge in [0.25, 0.3) is 0 Å². The Morgan fingerprint density at radius 3 is 2.37 bits per heavy atom. The lowest BCUT2D eigenvalue weighted by molar-refractivity contribution is -0.184. The zero-order valence-electron chi connectivity index (χ0n) is 24.0. The number of rotatable bonds is 6. The largest absolute Gasteiger partial charge is 0.460 e. The fourth-order valence-electron chi connectivity index (χ4n) is 8.73. The molecular weight excluding hydrogens is 488 g/mol. The molecule has 0 heterocycles. The van der Waals surface area contributed by atoms with Crippen molar-refractivity contribution in [1.29, 1.82) is 0 Å². The van der Waals surface area contributed by atoms with Crippen molar-refractivity contribution in [2.75, 3.05) is 0 Å². The summed E-state index contributed by atoms with van der Waals surface area (Å²) in [6, 6.07) is 0. The van der Waals surface area contributed by atoms with Gasteiger partial charge in [0.2, 0.25) is 0 Å². The van der Waals surface area contributed by atoms with Gasteiger partial charge in [-0.2, -0.15) is 0 Å². The molecule has 216 valence electrons. The van der Waals surface area contributed by atoms with Crippen molar-refractivity contribution in [3.8, 4) is 0 Å². The summed E-state index contributed by atoms with van der Waals surface area (Å²) < 4.78 is 5.33. The predicted molar refractivity (Wildman–Crippen MR) is 141 cm³/mol. The molecule has 3 saturated carbocycles. The molecule has 8 nitrogen and oxygen atoms in total. The summed E-state index contributed by atoms with van der Waals surface area (Å²) in [4.78, 5) is 25.1. The summed E-state index contributed by atoms with van der Waals surface area (Å²) in [7, 11) is 0. The highest BCUT2D eigenvalue weighted by Gasteiger charge is 2.69. The second-order valence-electron chi connectivity index (χ2n) is 14.2. The number of carbonyl (C=O) groups is 2. The molecule has 3 fully saturated rings. The number of allylic oxidation sites excluding steroid dienone is 1. The average molecular weight is 537 g/mol. The molecule has 4 aliphatic rings. The number of ketones is 1. The number of hydrogen-bond acceptors (Lipinski definition) is 8. The molecule has 0 amide bonds. The lowest BCUT2D eigenvalue weighted by Crippen LogP contribution is -2.63. The quantitative estimate of drug-likeness (QED) is 0.326. The van der Waals surface area contributed by atoms with E-state index in [1.165, 1.54) is 6.92 Å². The Morgan fingerprint density at radius 2 is 1.79 bits per heavy atom. The first kappa shape index (κ1) is 29.7. The van der Waals surface area contributed by atoms with E-state index in [1.54, 1.807) is 26.8 Å². The maximum Gasteiger partial charge on any atom is 0.302 e. The molecule has 0 saturated heterocycles. The predicted octanol–water partition coefficient (Wildman–Crippen LogP) is 2.67. The van der Waals surface area contributed by atoms with E-state index in [2.05, 4.69) is 0 Å². The number of hydrogen-bond donors (Lipinski definition) is 5. The van der Waals surface area contributed by atoms with Crippen LogP contribution in [-0.4, -0.2) is 72.4 Å². The molecule has 0 bridgehead atoms. The first-order chi connectivity index (χ1) is 17.3. The third kappa shape index (κ3) is 4.39. The maximum atomic E-state index is 13.5. The molecule has 0 radical (unpaired) electrons. The molecule has 0 aromatic carbocycles. The van der Waals surface area contributed by atoms with Crippen LogP contribution >= 0.6 is 0 Å². The Kier molecular flexibility index (Phi) is 7.31. The normalized spacial score (nSPS) is 44.2. The van der Waals surface area contributed by atoms with Crippen molar-refractivity contribution < 1.29 is 39.9 Å². The van der Waals surface area contributed by atoms with E-state index in [0.29, 0.717) is 37.7 Å². The van der Waals surface area contributed by atoms with Crippen LogP contribution in [0, 0.1) is 34.5 Å². The first-order valence-electron chi connectivity index (χ1n) is 14.3. The van der Waals surface area contributed by atoms with Crippen LogP contribution in [0.1, 0.15) is 93.4 Å². The van der Waals surface area contributed by atoms with Crippen LogP contribution in [0.15, 0.2) is 11.6 Å². The van der Waals surface area contributed by atoms with Gasteiger partial charge < -0.3 is 30.3 Å². The number of ether oxygens (including phenoxy) is 1. The van der Waals surface area contributed by atoms with Gasteiger partial charge in [-0.3, -0.25) is 9.59 Å². The number of aliphatic hydroxyl groups excluding tert-OH is 2. The van der Waals surface area contributed by atoms with Crippen LogP contribution in [0.3, 0.4) is 0 Å². The van der Waals surface area contributed by atoms with E-state index in [0.717, 1.165) is 0 Å². The molecule has 0 aliphatic heterocycles. The maximum absolute atomic E-state index is 13.5. The van der Waals surface area contributed by atoms with Crippen molar-refractivity contribution >= 4 is 11.8 Å². The fraction of sp³-hybridized carbons (Fsp3) is 0.867. The molecule has 5 N–H and O–H groups in total. The molecule has 38 heavy (non-hydrogen) atoms. The lowest BCUT2D eigenvalue weighted by Gasteiger charge is -2.60. The highest BCUT2D eigenvalue weighted by Crippen LogP contribution is 2.68. The zero-order valence-corrected chi connectivity index (χ0v) is 24.0. The Labute approximate surface area is 226 Å². The second kappa shape index (κ2) is 9.37. The van der Waals surface area contributed by atoms with E-state index < -0.39 is 63.8 Å². The smallest absolute Gasteiger partial charge is 0.302 e. The monoisotopic (exact) mass is 536 g/mol. The van der Waals surface area contributed by atoms with Gasteiger partial charge in [0.05, 0.1) is 29.0 Å². The lowest BCUT2D eigenvalue weighted by atomic mass is 9.45. The Hall–Kier alpha value is -1.32. The van der Waals surface area contributed by atoms with Gasteiger partial charge in [-0.1, -0.05) is 20.8 Å². The Morgan fingerprint density at radius 1 is 1.16 bits per heavy atom. The molecule has 8 heteroatoms. The number of fused-ring (bicyclic) bond motifs is 5. The van der Waals surface area contributed by atoms with Crippen molar-refractivity contribution in [2.45, 2.75) is 129 Å². The van der Waals surface area contributed by atoms with Crippen LogP contribution < -0.4 is 0 Å². The van der Waals surface area contributed by atoms with Gasteiger partial charge in [-0.05, 0) is 101 Å². The molecular formula is C30H48O8. The van der Waals surface area contributed by atoms with Gasteiger partial charge in [-0.15, -0.1) is 0 Å². The van der Waals surface area contributed by atoms with Crippen molar-refractivity contribution in [2.24, 2.45) is 34.5 Å². The van der Waals surface area contributed by atoms with Crippen LogP contribution in [0.5, 0.6) is 0 Å². The molecule has 0 aromatic rings. The minimum Gasteiger partial charge on any atom is -0.460 e. The van der Waals surface area contributed by atoms with Crippen molar-refractivity contribution in [1.82, 2.24) is 0 Å². The number of esters is 1. The third-order valence-corrected chi connectivity index (χ3v) is 11.6. The molecule has 0 aromatic heterocycles. The van der Waals surface area contributed by atoms with E-state index in [4.69, 9.17) is 4.74 Å². The minimum atomic E-state index is -1.50. The SMILES string of the molecule is CC(=O)O[C@@H]1CC2C(=O)C=C3C(CC[C@]4(C)C([C@@](C)(O)[C@H](O)C[C@@H](C)C(C)(C)O)CC[C@@]34O)[C@@]2(C)C[C@@H]1O. The second-order valence-corrected chi connectivity index (χ2v) is 14.2. The first-order valence-corrected chi connectivity index (χ1v) is 14.3. The van der Waals surface area contributed by atoms with Crippen LogP contribution in [0.2, 0.25) is 0 Å². The fourth-order valence-corrected chi connectivity index (χ4v) is 8.73. The molecule has 4 aliphatic carbocycles. The summed E-state index contributed by atoms with van der Waals surface area (Å²) in [6.45, 7) is 12.1. The Bertz CT molecular complexity index is 997. The van der Waals surface area contributed by atoms with Crippen molar-refractivity contribution in [3.05, 3.63) is 11.6 Å². The van der Waals surface area contributed by atoms with Gasteiger partial charge in [-0.25, -0.2) is 0 Å². The summed E-state index contributed by atoms with van der Waals surface area (Å²) in [5.41, 5.74) is -4.51. The van der Waals surface area contributed by atoms with E-state index >= 15 is 0 Å². The van der Waals surface area contributed by atoms with Gasteiger partial charge >= 0.3 is 5.97 Å².